The van der Waals surface area contributed by atoms with E-state index in [1.54, 1.807) is 25.1 Å². The van der Waals surface area contributed by atoms with E-state index in [9.17, 15) is 4.79 Å². The molecule has 0 aliphatic carbocycles. The van der Waals surface area contributed by atoms with Gasteiger partial charge in [-0.3, -0.25) is 4.99 Å². The van der Waals surface area contributed by atoms with Crippen molar-refractivity contribution in [2.24, 2.45) is 4.99 Å². The van der Waals surface area contributed by atoms with Crippen LogP contribution in [0.25, 0.3) is 0 Å². The number of rotatable bonds is 6. The van der Waals surface area contributed by atoms with E-state index < -0.39 is 5.60 Å². The number of hydrogen-bond acceptors (Lipinski definition) is 3. The van der Waals surface area contributed by atoms with Crippen LogP contribution in [0, 0.1) is 0 Å². The second-order valence-electron chi connectivity index (χ2n) is 6.75. The monoisotopic (exact) mass is 346 g/mol. The van der Waals surface area contributed by atoms with Crippen molar-refractivity contribution in [2.45, 2.75) is 39.5 Å². The van der Waals surface area contributed by atoms with Crippen molar-refractivity contribution in [3.63, 3.8) is 0 Å². The van der Waals surface area contributed by atoms with Crippen molar-refractivity contribution in [2.75, 3.05) is 20.6 Å². The number of guanidine groups is 1. The highest BCUT2D eigenvalue weighted by Crippen LogP contribution is 2.12. The molecule has 0 bridgehead atoms. The van der Waals surface area contributed by atoms with E-state index in [0.717, 1.165) is 17.1 Å². The first-order chi connectivity index (χ1) is 11.7. The Labute approximate surface area is 151 Å². The summed E-state index contributed by atoms with van der Waals surface area (Å²) in [6, 6.07) is 8.09. The highest BCUT2D eigenvalue weighted by molar-refractivity contribution is 5.79. The highest BCUT2D eigenvalue weighted by atomic mass is 16.6. The second kappa shape index (κ2) is 9.71. The van der Waals surface area contributed by atoms with Gasteiger partial charge in [0, 0.05) is 33.7 Å². The van der Waals surface area contributed by atoms with Crippen LogP contribution in [0.4, 0.5) is 4.79 Å². The molecule has 0 radical (unpaired) electrons. The number of ether oxygens (including phenoxy) is 1. The summed E-state index contributed by atoms with van der Waals surface area (Å²) in [5, 5.41) is 6.35. The number of benzene rings is 1. The van der Waals surface area contributed by atoms with Gasteiger partial charge in [0.05, 0.1) is 0 Å². The Balaban J connectivity index is 2.53. The molecule has 0 heterocycles. The molecule has 1 aromatic carbocycles. The average Bonchev–Trinajstić information content (AvgIpc) is 2.55. The molecule has 0 saturated heterocycles. The van der Waals surface area contributed by atoms with Crippen LogP contribution < -0.4 is 10.6 Å². The predicted octanol–water partition coefficient (Wildman–Crippen LogP) is 2.90. The van der Waals surface area contributed by atoms with Gasteiger partial charge in [-0.2, -0.15) is 0 Å². The Bertz CT molecular complexity index is 588. The molecule has 1 aromatic rings. The van der Waals surface area contributed by atoms with Crippen LogP contribution in [-0.4, -0.2) is 43.2 Å². The Morgan fingerprint density at radius 1 is 1.24 bits per heavy atom. The third-order valence-corrected chi connectivity index (χ3v) is 3.25. The maximum absolute atomic E-state index is 12.0. The molecule has 1 amide bonds. The smallest absolute Gasteiger partial charge is 0.410 e. The molecule has 0 fully saturated rings. The Kier molecular flexibility index (Phi) is 7.98. The van der Waals surface area contributed by atoms with Gasteiger partial charge in [-0.25, -0.2) is 4.79 Å². The maximum atomic E-state index is 12.0. The van der Waals surface area contributed by atoms with E-state index in [1.807, 2.05) is 45.0 Å². The first-order valence-electron chi connectivity index (χ1n) is 8.32. The molecule has 0 saturated carbocycles. The molecule has 0 aliphatic heterocycles. The molecule has 0 aliphatic rings. The fourth-order valence-corrected chi connectivity index (χ4v) is 2.02. The lowest BCUT2D eigenvalue weighted by molar-refractivity contribution is 0.0285. The number of aliphatic imine (C=N–C) groups is 1. The summed E-state index contributed by atoms with van der Waals surface area (Å²) in [6.45, 7) is 11.1. The van der Waals surface area contributed by atoms with Crippen LogP contribution in [0.3, 0.4) is 0 Å². The van der Waals surface area contributed by atoms with Crippen LogP contribution in [0.1, 0.15) is 31.9 Å². The molecule has 0 spiro atoms. The zero-order chi connectivity index (χ0) is 18.9. The minimum atomic E-state index is -0.487. The van der Waals surface area contributed by atoms with Gasteiger partial charge in [-0.05, 0) is 31.9 Å². The van der Waals surface area contributed by atoms with Gasteiger partial charge in [0.25, 0.3) is 0 Å². The highest BCUT2D eigenvalue weighted by Gasteiger charge is 2.19. The summed E-state index contributed by atoms with van der Waals surface area (Å²) in [6.07, 6.45) is 1.46. The van der Waals surface area contributed by atoms with E-state index in [-0.39, 0.29) is 6.09 Å². The molecule has 25 heavy (non-hydrogen) atoms. The second-order valence-corrected chi connectivity index (χ2v) is 6.75. The van der Waals surface area contributed by atoms with E-state index in [0.29, 0.717) is 19.6 Å². The topological polar surface area (TPSA) is 66.0 Å². The lowest BCUT2D eigenvalue weighted by Gasteiger charge is -2.24. The van der Waals surface area contributed by atoms with E-state index in [1.165, 1.54) is 0 Å². The molecule has 2 N–H and O–H groups in total. The summed E-state index contributed by atoms with van der Waals surface area (Å²) < 4.78 is 5.35. The Hall–Kier alpha value is -2.50. The number of hydrogen-bond donors (Lipinski definition) is 2. The van der Waals surface area contributed by atoms with Gasteiger partial charge in [-0.1, -0.05) is 30.3 Å². The lowest BCUT2D eigenvalue weighted by atomic mass is 10.1. The van der Waals surface area contributed by atoms with Crippen molar-refractivity contribution in [3.05, 3.63) is 48.0 Å². The number of amides is 1. The van der Waals surface area contributed by atoms with Crippen molar-refractivity contribution in [1.29, 1.82) is 0 Å². The van der Waals surface area contributed by atoms with Crippen LogP contribution >= 0.6 is 0 Å². The Morgan fingerprint density at radius 2 is 1.84 bits per heavy atom. The summed E-state index contributed by atoms with van der Waals surface area (Å²) >= 11 is 0. The van der Waals surface area contributed by atoms with Crippen LogP contribution in [0.5, 0.6) is 0 Å². The van der Waals surface area contributed by atoms with E-state index in [2.05, 4.69) is 22.2 Å². The summed E-state index contributed by atoms with van der Waals surface area (Å²) in [5.41, 5.74) is 1.69. The standard InChI is InChI=1S/C19H30N4O2/c1-7-12-21-17(20-5)22-13-15-8-10-16(11-9-15)14-23(6)18(24)25-19(2,3)4/h7-11H,1,12-14H2,2-6H3,(H2,20,21,22). The van der Waals surface area contributed by atoms with E-state index in [4.69, 9.17) is 4.74 Å². The molecule has 138 valence electrons. The van der Waals surface area contributed by atoms with Crippen molar-refractivity contribution in [1.82, 2.24) is 15.5 Å². The molecule has 1 rings (SSSR count). The third kappa shape index (κ3) is 8.24. The lowest BCUT2D eigenvalue weighted by Crippen LogP contribution is -2.36. The summed E-state index contributed by atoms with van der Waals surface area (Å²) in [4.78, 5) is 17.7. The molecule has 6 heteroatoms. The minimum Gasteiger partial charge on any atom is -0.444 e. The van der Waals surface area contributed by atoms with Crippen molar-refractivity contribution in [3.8, 4) is 0 Å². The van der Waals surface area contributed by atoms with Crippen LogP contribution in [0.15, 0.2) is 41.9 Å². The first kappa shape index (κ1) is 20.5. The molecular formula is C19H30N4O2. The largest absolute Gasteiger partial charge is 0.444 e. The SMILES string of the molecule is C=CCNC(=NC)NCc1ccc(CN(C)C(=O)OC(C)(C)C)cc1. The van der Waals surface area contributed by atoms with Gasteiger partial charge < -0.3 is 20.3 Å². The van der Waals surface area contributed by atoms with Crippen LogP contribution in [-0.2, 0) is 17.8 Å². The van der Waals surface area contributed by atoms with Crippen molar-refractivity contribution >= 4 is 12.1 Å². The Morgan fingerprint density at radius 3 is 2.36 bits per heavy atom. The van der Waals surface area contributed by atoms with E-state index >= 15 is 0 Å². The fourth-order valence-electron chi connectivity index (χ4n) is 2.02. The number of carbonyl (C=O) groups excluding carboxylic acids is 1. The molecule has 0 unspecified atom stereocenters. The predicted molar refractivity (Wildman–Crippen MR) is 103 cm³/mol. The van der Waals surface area contributed by atoms with Gasteiger partial charge in [0.1, 0.15) is 5.60 Å². The van der Waals surface area contributed by atoms with Gasteiger partial charge in [0.2, 0.25) is 0 Å². The number of nitrogens with one attached hydrogen (secondary N) is 2. The number of carbonyl (C=O) groups is 1. The zero-order valence-corrected chi connectivity index (χ0v) is 15.9. The summed E-state index contributed by atoms with van der Waals surface area (Å²) in [7, 11) is 3.47. The fraction of sp³-hybridized carbons (Fsp3) is 0.474. The quantitative estimate of drug-likeness (QED) is 0.472. The first-order valence-corrected chi connectivity index (χ1v) is 8.32. The molecule has 6 nitrogen and oxygen atoms in total. The van der Waals surface area contributed by atoms with Gasteiger partial charge in [0.15, 0.2) is 5.96 Å². The average molecular weight is 346 g/mol. The minimum absolute atomic E-state index is 0.324. The molecule has 0 aromatic heterocycles. The maximum Gasteiger partial charge on any atom is 0.410 e. The zero-order valence-electron chi connectivity index (χ0n) is 15.9. The molecule has 0 atom stereocenters. The molecular weight excluding hydrogens is 316 g/mol. The van der Waals surface area contributed by atoms with Crippen molar-refractivity contribution < 1.29 is 9.53 Å². The number of nitrogens with zero attached hydrogens (tertiary/aromatic N) is 2. The van der Waals surface area contributed by atoms with Crippen LogP contribution in [0.2, 0.25) is 0 Å². The van der Waals surface area contributed by atoms with Gasteiger partial charge >= 0.3 is 6.09 Å². The summed E-state index contributed by atoms with van der Waals surface area (Å²) in [5.74, 6) is 0.730. The third-order valence-electron chi connectivity index (χ3n) is 3.25. The normalized spacial score (nSPS) is 11.6. The van der Waals surface area contributed by atoms with Gasteiger partial charge in [-0.15, -0.1) is 6.58 Å².